The maximum Gasteiger partial charge on any atom is 0.422 e. The van der Waals surface area contributed by atoms with Crippen molar-refractivity contribution in [3.8, 4) is 0 Å². The fraction of sp³-hybridized carbons (Fsp3) is 0.900. The summed E-state index contributed by atoms with van der Waals surface area (Å²) >= 11 is 0. The van der Waals surface area contributed by atoms with Gasteiger partial charge in [0.15, 0.2) is 0 Å². The van der Waals surface area contributed by atoms with Crippen molar-refractivity contribution in [2.75, 3.05) is 13.1 Å². The first-order valence-electron chi connectivity index (χ1n) is 5.28. The summed E-state index contributed by atoms with van der Waals surface area (Å²) in [5.41, 5.74) is -0.469. The van der Waals surface area contributed by atoms with Gasteiger partial charge in [0.25, 0.3) is 0 Å². The van der Waals surface area contributed by atoms with Crippen molar-refractivity contribution in [3.63, 3.8) is 0 Å². The number of β-amino-alcohol motifs (C(OH)–C–C–N with tert-alkyl or cyclic N) is 1. The normalized spacial score (nSPS) is 23.9. The lowest BCUT2D eigenvalue weighted by Crippen LogP contribution is -2.58. The molecule has 0 aromatic carbocycles. The number of amides is 1. The van der Waals surface area contributed by atoms with Crippen LogP contribution in [-0.4, -0.2) is 51.1 Å². The van der Waals surface area contributed by atoms with Gasteiger partial charge in [0, 0.05) is 13.1 Å². The molecule has 1 aliphatic rings. The Morgan fingerprint density at radius 1 is 1.47 bits per heavy atom. The molecule has 1 saturated heterocycles. The van der Waals surface area contributed by atoms with Crippen LogP contribution in [0, 0.1) is 0 Å². The van der Waals surface area contributed by atoms with E-state index in [1.54, 1.807) is 5.01 Å². The van der Waals surface area contributed by atoms with Crippen molar-refractivity contribution in [1.82, 2.24) is 10.0 Å². The number of rotatable bonds is 1. The van der Waals surface area contributed by atoms with Gasteiger partial charge >= 0.3 is 6.09 Å². The summed E-state index contributed by atoms with van der Waals surface area (Å²) in [6, 6.07) is 0. The third kappa shape index (κ3) is 3.07. The largest absolute Gasteiger partial charge is 0.464 e. The Morgan fingerprint density at radius 2 is 2.07 bits per heavy atom. The zero-order valence-electron chi connectivity index (χ0n) is 9.60. The highest BCUT2D eigenvalue weighted by Gasteiger charge is 2.34. The van der Waals surface area contributed by atoms with Crippen LogP contribution >= 0.6 is 0 Å². The zero-order chi connectivity index (χ0) is 11.6. The van der Waals surface area contributed by atoms with Crippen molar-refractivity contribution >= 4 is 6.09 Å². The third-order valence-corrected chi connectivity index (χ3v) is 2.47. The van der Waals surface area contributed by atoms with E-state index in [-0.39, 0.29) is 0 Å². The number of hydrogen-bond donors (Lipinski definition) is 2. The topological polar surface area (TPSA) is 64.0 Å². The summed E-state index contributed by atoms with van der Waals surface area (Å²) in [5, 5.41) is 21.7. The van der Waals surface area contributed by atoms with E-state index < -0.39 is 17.7 Å². The molecular formula is C10H20N2O3. The lowest BCUT2D eigenvalue weighted by Gasteiger charge is -2.44. The van der Waals surface area contributed by atoms with Gasteiger partial charge in [-0.1, -0.05) is 0 Å². The molecular weight excluding hydrogens is 196 g/mol. The van der Waals surface area contributed by atoms with Gasteiger partial charge < -0.3 is 10.2 Å². The number of carboxylic acid groups (broad SMARTS) is 1. The van der Waals surface area contributed by atoms with Crippen LogP contribution in [0.3, 0.4) is 0 Å². The number of aliphatic hydroxyl groups is 1. The molecule has 0 saturated carbocycles. The molecule has 0 bridgehead atoms. The number of nitrogens with zero attached hydrogens (tertiary/aromatic N) is 2. The van der Waals surface area contributed by atoms with Crippen LogP contribution in [0.5, 0.6) is 0 Å². The molecule has 1 amide bonds. The molecule has 0 radical (unpaired) electrons. The molecule has 88 valence electrons. The maximum atomic E-state index is 11.2. The Labute approximate surface area is 90.3 Å². The second-order valence-corrected chi connectivity index (χ2v) is 4.97. The predicted octanol–water partition coefficient (Wildman–Crippen LogP) is 1.14. The van der Waals surface area contributed by atoms with E-state index in [0.29, 0.717) is 13.1 Å². The fourth-order valence-corrected chi connectivity index (χ4v) is 1.95. The fourth-order valence-electron chi connectivity index (χ4n) is 1.95. The molecule has 1 rings (SSSR count). The van der Waals surface area contributed by atoms with Gasteiger partial charge in [-0.25, -0.2) is 14.8 Å². The van der Waals surface area contributed by atoms with Gasteiger partial charge in [-0.3, -0.25) is 0 Å². The molecule has 5 heteroatoms. The molecule has 0 aromatic heterocycles. The van der Waals surface area contributed by atoms with Crippen LogP contribution in [-0.2, 0) is 0 Å². The van der Waals surface area contributed by atoms with E-state index in [2.05, 4.69) is 0 Å². The highest BCUT2D eigenvalue weighted by atomic mass is 16.4. The van der Waals surface area contributed by atoms with Crippen molar-refractivity contribution in [1.29, 1.82) is 0 Å². The molecule has 1 heterocycles. The number of aliphatic hydroxyl groups excluding tert-OH is 1. The van der Waals surface area contributed by atoms with Crippen molar-refractivity contribution in [2.45, 2.75) is 45.3 Å². The van der Waals surface area contributed by atoms with Gasteiger partial charge in [-0.15, -0.1) is 0 Å². The second kappa shape index (κ2) is 4.37. The van der Waals surface area contributed by atoms with E-state index in [0.717, 1.165) is 12.8 Å². The summed E-state index contributed by atoms with van der Waals surface area (Å²) in [7, 11) is 0. The molecule has 5 nitrogen and oxygen atoms in total. The Hall–Kier alpha value is -0.810. The van der Waals surface area contributed by atoms with E-state index >= 15 is 0 Å². The number of hydrazine groups is 1. The van der Waals surface area contributed by atoms with Crippen molar-refractivity contribution in [2.24, 2.45) is 0 Å². The molecule has 1 unspecified atom stereocenters. The average Bonchev–Trinajstić information content (AvgIpc) is 1.99. The van der Waals surface area contributed by atoms with Crippen LogP contribution in [0.4, 0.5) is 4.79 Å². The standard InChI is InChI=1S/C10H20N2O3/c1-10(2,3)12(9(14)15)11-6-4-5-8(13)7-11/h8,13H,4-7H2,1-3H3,(H,14,15). The quantitative estimate of drug-likeness (QED) is 0.690. The van der Waals surface area contributed by atoms with Crippen molar-refractivity contribution < 1.29 is 15.0 Å². The summed E-state index contributed by atoms with van der Waals surface area (Å²) < 4.78 is 0. The van der Waals surface area contributed by atoms with Crippen LogP contribution in [0.25, 0.3) is 0 Å². The van der Waals surface area contributed by atoms with Gasteiger partial charge in [-0.2, -0.15) is 0 Å². The average molecular weight is 216 g/mol. The maximum absolute atomic E-state index is 11.2. The number of piperidine rings is 1. The summed E-state index contributed by atoms with van der Waals surface area (Å²) in [5.74, 6) is 0. The number of carbonyl (C=O) groups is 1. The minimum atomic E-state index is -0.961. The molecule has 15 heavy (non-hydrogen) atoms. The van der Waals surface area contributed by atoms with E-state index in [1.165, 1.54) is 5.01 Å². The van der Waals surface area contributed by atoms with E-state index in [9.17, 15) is 9.90 Å². The lowest BCUT2D eigenvalue weighted by atomic mass is 10.1. The van der Waals surface area contributed by atoms with Gasteiger partial charge in [0.05, 0.1) is 11.6 Å². The van der Waals surface area contributed by atoms with Crippen LogP contribution < -0.4 is 0 Å². The first-order valence-corrected chi connectivity index (χ1v) is 5.28. The summed E-state index contributed by atoms with van der Waals surface area (Å²) in [6.45, 7) is 6.65. The van der Waals surface area contributed by atoms with E-state index in [4.69, 9.17) is 5.11 Å². The smallest absolute Gasteiger partial charge is 0.422 e. The highest BCUT2D eigenvalue weighted by molar-refractivity contribution is 5.65. The molecule has 2 N–H and O–H groups in total. The lowest BCUT2D eigenvalue weighted by molar-refractivity contribution is -0.100. The Balaban J connectivity index is 2.76. The van der Waals surface area contributed by atoms with Crippen LogP contribution in [0.15, 0.2) is 0 Å². The number of hydrogen-bond acceptors (Lipinski definition) is 3. The molecule has 1 atom stereocenters. The Kier molecular flexibility index (Phi) is 3.57. The highest BCUT2D eigenvalue weighted by Crippen LogP contribution is 2.20. The Bertz CT molecular complexity index is 237. The minimum Gasteiger partial charge on any atom is -0.464 e. The van der Waals surface area contributed by atoms with Gasteiger partial charge in [0.1, 0.15) is 0 Å². The molecule has 0 aliphatic carbocycles. The SMILES string of the molecule is CC(C)(C)N(C(=O)O)N1CCCC(O)C1. The van der Waals surface area contributed by atoms with Crippen LogP contribution in [0.2, 0.25) is 0 Å². The summed E-state index contributed by atoms with van der Waals surface area (Å²) in [4.78, 5) is 11.2. The molecule has 0 spiro atoms. The van der Waals surface area contributed by atoms with E-state index in [1.807, 2.05) is 20.8 Å². The first kappa shape index (κ1) is 12.3. The first-order chi connectivity index (χ1) is 6.82. The third-order valence-electron chi connectivity index (χ3n) is 2.47. The van der Waals surface area contributed by atoms with Gasteiger partial charge in [-0.05, 0) is 33.6 Å². The van der Waals surface area contributed by atoms with Gasteiger partial charge in [0.2, 0.25) is 0 Å². The zero-order valence-corrected chi connectivity index (χ0v) is 9.60. The van der Waals surface area contributed by atoms with Crippen LogP contribution in [0.1, 0.15) is 33.6 Å². The Morgan fingerprint density at radius 3 is 2.47 bits per heavy atom. The summed E-state index contributed by atoms with van der Waals surface area (Å²) in [6.07, 6.45) is 0.217. The minimum absolute atomic E-state index is 0.406. The molecule has 0 aromatic rings. The molecule has 1 fully saturated rings. The van der Waals surface area contributed by atoms with Crippen molar-refractivity contribution in [3.05, 3.63) is 0 Å². The second-order valence-electron chi connectivity index (χ2n) is 4.97. The predicted molar refractivity (Wildman–Crippen MR) is 56.4 cm³/mol. The molecule has 1 aliphatic heterocycles. The monoisotopic (exact) mass is 216 g/mol.